The lowest BCUT2D eigenvalue weighted by Gasteiger charge is -2.40. The van der Waals surface area contributed by atoms with Crippen molar-refractivity contribution in [3.05, 3.63) is 140 Å². The third kappa shape index (κ3) is 7.71. The van der Waals surface area contributed by atoms with E-state index in [9.17, 15) is 9.59 Å². The predicted octanol–water partition coefficient (Wildman–Crippen LogP) is 2.74. The quantitative estimate of drug-likeness (QED) is 0.157. The Morgan fingerprint density at radius 1 is 0.625 bits per heavy atom. The molecule has 250 valence electrons. The van der Waals surface area contributed by atoms with Gasteiger partial charge in [-0.2, -0.15) is 10.2 Å². The number of H-pyrrole nitrogens is 4. The zero-order valence-corrected chi connectivity index (χ0v) is 26.3. The summed E-state index contributed by atoms with van der Waals surface area (Å²) in [5.74, 6) is 1.13. The topological polar surface area (TPSA) is 166 Å². The van der Waals surface area contributed by atoms with Gasteiger partial charge in [0.15, 0.2) is 12.6 Å². The van der Waals surface area contributed by atoms with Crippen LogP contribution in [-0.4, -0.2) is 79.0 Å². The number of hydrogen-bond donors (Lipinski definition) is 4. The van der Waals surface area contributed by atoms with Gasteiger partial charge >= 0.3 is 11.4 Å². The summed E-state index contributed by atoms with van der Waals surface area (Å²) in [5, 5.41) is 13.1. The van der Waals surface area contributed by atoms with E-state index in [1.54, 1.807) is 0 Å². The summed E-state index contributed by atoms with van der Waals surface area (Å²) >= 11 is 0. The summed E-state index contributed by atoms with van der Waals surface area (Å²) in [4.78, 5) is 33.2. The summed E-state index contributed by atoms with van der Waals surface area (Å²) in [5.41, 5.74) is 3.45. The minimum absolute atomic E-state index is 0.186. The van der Waals surface area contributed by atoms with E-state index in [2.05, 4.69) is 64.4 Å². The number of hydrogen-bond acceptors (Lipinski definition) is 10. The molecule has 2 saturated heterocycles. The highest BCUT2D eigenvalue weighted by atomic mass is 16.7. The molecule has 0 saturated carbocycles. The normalized spacial score (nSPS) is 22.2. The second-order valence-electron chi connectivity index (χ2n) is 11.8. The van der Waals surface area contributed by atoms with Crippen LogP contribution in [0.25, 0.3) is 0 Å². The van der Waals surface area contributed by atoms with Gasteiger partial charge in [0.1, 0.15) is 11.6 Å². The summed E-state index contributed by atoms with van der Waals surface area (Å²) in [6, 6.07) is 27.9. The van der Waals surface area contributed by atoms with Gasteiger partial charge in [0.05, 0.1) is 51.6 Å². The predicted molar refractivity (Wildman–Crippen MR) is 173 cm³/mol. The van der Waals surface area contributed by atoms with Gasteiger partial charge in [-0.15, -0.1) is 0 Å². The van der Waals surface area contributed by atoms with E-state index in [1.807, 2.05) is 60.7 Å². The Bertz CT molecular complexity index is 1710. The maximum Gasteiger partial charge on any atom is 0.340 e. The van der Waals surface area contributed by atoms with Crippen LogP contribution in [0.4, 0.5) is 0 Å². The summed E-state index contributed by atoms with van der Waals surface area (Å²) < 4.78 is 25.0. The van der Waals surface area contributed by atoms with Gasteiger partial charge in [0.25, 0.3) is 0 Å². The monoisotopic (exact) mass is 654 g/mol. The SMILES string of the molecule is O=c1[nH]nc(CN2CCOC(OCc3ccc(COC4OCCN(Cc5n[nH]c(=O)[nH]5)C4c4ccccc4)cc3)C2c2ccccc2)[nH]1. The van der Waals surface area contributed by atoms with Gasteiger partial charge in [-0.1, -0.05) is 84.9 Å². The van der Waals surface area contributed by atoms with Crippen molar-refractivity contribution < 1.29 is 18.9 Å². The highest BCUT2D eigenvalue weighted by molar-refractivity contribution is 5.24. The molecular weight excluding hydrogens is 616 g/mol. The van der Waals surface area contributed by atoms with Crippen LogP contribution in [-0.2, 0) is 45.3 Å². The Morgan fingerprint density at radius 3 is 1.42 bits per heavy atom. The average molecular weight is 655 g/mol. The molecule has 3 aromatic carbocycles. The number of aromatic nitrogens is 6. The Kier molecular flexibility index (Phi) is 9.98. The Morgan fingerprint density at radius 2 is 1.04 bits per heavy atom. The molecule has 0 bridgehead atoms. The van der Waals surface area contributed by atoms with Gasteiger partial charge in [-0.3, -0.25) is 19.8 Å². The molecule has 14 nitrogen and oxygen atoms in total. The lowest BCUT2D eigenvalue weighted by atomic mass is 10.0. The van der Waals surface area contributed by atoms with Crippen LogP contribution in [0, 0.1) is 0 Å². The molecular formula is C34H38N8O6. The zero-order chi connectivity index (χ0) is 32.7. The average Bonchev–Trinajstić information content (AvgIpc) is 3.73. The van der Waals surface area contributed by atoms with Gasteiger partial charge in [0, 0.05) is 13.1 Å². The summed E-state index contributed by atoms with van der Waals surface area (Å²) in [6.07, 6.45) is -1.04. The molecule has 2 fully saturated rings. The zero-order valence-electron chi connectivity index (χ0n) is 26.3. The molecule has 4 atom stereocenters. The van der Waals surface area contributed by atoms with Gasteiger partial charge in [-0.05, 0) is 22.3 Å². The third-order valence-corrected chi connectivity index (χ3v) is 8.56. The molecule has 4 unspecified atom stereocenters. The second-order valence-corrected chi connectivity index (χ2v) is 11.8. The van der Waals surface area contributed by atoms with Crippen molar-refractivity contribution >= 4 is 0 Å². The largest absolute Gasteiger partial charge is 0.349 e. The number of nitrogens with one attached hydrogen (secondary N) is 4. The fraction of sp³-hybridized carbons (Fsp3) is 0.353. The number of morpholine rings is 2. The summed E-state index contributed by atoms with van der Waals surface area (Å²) in [6.45, 7) is 3.92. The van der Waals surface area contributed by atoms with Crippen molar-refractivity contribution in [2.45, 2.75) is 51.0 Å². The second kappa shape index (κ2) is 15.0. The first-order valence-corrected chi connectivity index (χ1v) is 16.0. The maximum absolute atomic E-state index is 11.6. The number of benzene rings is 3. The van der Waals surface area contributed by atoms with E-state index >= 15 is 0 Å². The van der Waals surface area contributed by atoms with Crippen molar-refractivity contribution in [3.63, 3.8) is 0 Å². The molecule has 0 spiro atoms. The van der Waals surface area contributed by atoms with Crippen molar-refractivity contribution in [2.75, 3.05) is 26.3 Å². The number of aromatic amines is 4. The molecule has 0 aliphatic carbocycles. The van der Waals surface area contributed by atoms with Crippen molar-refractivity contribution in [1.82, 2.24) is 40.2 Å². The molecule has 2 aliphatic rings. The lowest BCUT2D eigenvalue weighted by Crippen LogP contribution is -2.46. The molecule has 2 aromatic heterocycles. The van der Waals surface area contributed by atoms with Crippen molar-refractivity contribution in [1.29, 1.82) is 0 Å². The van der Waals surface area contributed by atoms with Crippen LogP contribution in [0.5, 0.6) is 0 Å². The molecule has 4 heterocycles. The van der Waals surface area contributed by atoms with Crippen LogP contribution >= 0.6 is 0 Å². The number of nitrogens with zero attached hydrogens (tertiary/aromatic N) is 4. The maximum atomic E-state index is 11.6. The minimum Gasteiger partial charge on any atom is -0.349 e. The highest BCUT2D eigenvalue weighted by Gasteiger charge is 2.36. The lowest BCUT2D eigenvalue weighted by molar-refractivity contribution is -0.218. The van der Waals surface area contributed by atoms with Gasteiger partial charge < -0.3 is 18.9 Å². The molecule has 4 N–H and O–H groups in total. The Hall–Kier alpha value is -4.70. The number of ether oxygens (including phenoxy) is 4. The third-order valence-electron chi connectivity index (χ3n) is 8.56. The van der Waals surface area contributed by atoms with E-state index in [1.165, 1.54) is 0 Å². The first-order valence-electron chi connectivity index (χ1n) is 16.0. The smallest absolute Gasteiger partial charge is 0.340 e. The van der Waals surface area contributed by atoms with Gasteiger partial charge in [0.2, 0.25) is 0 Å². The van der Waals surface area contributed by atoms with Crippen LogP contribution in [0.3, 0.4) is 0 Å². The molecule has 7 rings (SSSR count). The molecule has 0 radical (unpaired) electrons. The van der Waals surface area contributed by atoms with E-state index in [4.69, 9.17) is 18.9 Å². The molecule has 0 amide bonds. The number of rotatable bonds is 12. The van der Waals surface area contributed by atoms with Crippen LogP contribution in [0.1, 0.15) is 46.0 Å². The van der Waals surface area contributed by atoms with E-state index in [0.29, 0.717) is 64.3 Å². The first kappa shape index (κ1) is 31.9. The Labute approximate surface area is 276 Å². The molecule has 5 aromatic rings. The summed E-state index contributed by atoms with van der Waals surface area (Å²) in [7, 11) is 0. The fourth-order valence-electron chi connectivity index (χ4n) is 6.28. The molecule has 48 heavy (non-hydrogen) atoms. The minimum atomic E-state index is -0.518. The van der Waals surface area contributed by atoms with Gasteiger partial charge in [-0.25, -0.2) is 19.8 Å². The molecule has 14 heteroatoms. The van der Waals surface area contributed by atoms with E-state index in [0.717, 1.165) is 22.3 Å². The standard InChI is InChI=1S/C34H38N8O6/c43-33-35-27(37-39-33)19-41-15-17-45-31(29(41)25-7-3-1-4-8-25)47-21-23-11-13-24(14-12-23)22-48-32-30(26-9-5-2-6-10-26)42(16-18-46-32)20-28-36-34(44)40-38-28/h1-14,29-32H,15-22H2,(H2,35,37,39,43)(H2,36,38,40,44). The van der Waals surface area contributed by atoms with Crippen LogP contribution in [0.2, 0.25) is 0 Å². The van der Waals surface area contributed by atoms with E-state index in [-0.39, 0.29) is 23.5 Å². The Balaban J connectivity index is 0.990. The van der Waals surface area contributed by atoms with E-state index < -0.39 is 12.6 Å². The first-order chi connectivity index (χ1) is 23.6. The van der Waals surface area contributed by atoms with Crippen molar-refractivity contribution in [3.8, 4) is 0 Å². The van der Waals surface area contributed by atoms with Crippen LogP contribution < -0.4 is 11.4 Å². The van der Waals surface area contributed by atoms with Crippen LogP contribution in [0.15, 0.2) is 94.5 Å². The highest BCUT2D eigenvalue weighted by Crippen LogP contribution is 2.33. The molecule has 2 aliphatic heterocycles. The van der Waals surface area contributed by atoms with Crippen molar-refractivity contribution in [2.24, 2.45) is 0 Å². The fourth-order valence-corrected chi connectivity index (χ4v) is 6.28.